The first kappa shape index (κ1) is 14.7. The van der Waals surface area contributed by atoms with Crippen molar-refractivity contribution in [3.8, 4) is 5.75 Å². The number of esters is 1. The van der Waals surface area contributed by atoms with Gasteiger partial charge in [-0.2, -0.15) is 0 Å². The Morgan fingerprint density at radius 3 is 2.70 bits per heavy atom. The van der Waals surface area contributed by atoms with Gasteiger partial charge in [-0.05, 0) is 44.1 Å². The maximum absolute atomic E-state index is 11.4. The largest absolute Gasteiger partial charge is 0.490 e. The molecule has 0 saturated carbocycles. The van der Waals surface area contributed by atoms with Crippen LogP contribution in [0.2, 0.25) is 0 Å². The van der Waals surface area contributed by atoms with Crippen molar-refractivity contribution in [1.29, 1.82) is 0 Å². The summed E-state index contributed by atoms with van der Waals surface area (Å²) in [4.78, 5) is 13.8. The lowest BCUT2D eigenvalue weighted by Crippen LogP contribution is -2.33. The average molecular weight is 278 g/mol. The minimum Gasteiger partial charge on any atom is -0.490 e. The molecule has 1 aliphatic heterocycles. The maximum atomic E-state index is 11.4. The predicted molar refractivity (Wildman–Crippen MR) is 78.0 cm³/mol. The van der Waals surface area contributed by atoms with Crippen LogP contribution in [0.15, 0.2) is 18.2 Å². The number of rotatable bonds is 5. The third kappa shape index (κ3) is 3.87. The molecule has 1 heterocycles. The Morgan fingerprint density at radius 2 is 2.05 bits per heavy atom. The number of hydrogen-bond donors (Lipinski definition) is 1. The van der Waals surface area contributed by atoms with Gasteiger partial charge in [-0.1, -0.05) is 6.42 Å². The van der Waals surface area contributed by atoms with Gasteiger partial charge in [0.15, 0.2) is 0 Å². The summed E-state index contributed by atoms with van der Waals surface area (Å²) in [6.07, 6.45) is 3.88. The lowest BCUT2D eigenvalue weighted by Gasteiger charge is -2.26. The van der Waals surface area contributed by atoms with Crippen LogP contribution in [0.25, 0.3) is 0 Å². The van der Waals surface area contributed by atoms with Crippen molar-refractivity contribution in [1.82, 2.24) is 4.90 Å². The molecule has 0 aromatic heterocycles. The monoisotopic (exact) mass is 278 g/mol. The average Bonchev–Trinajstić information content (AvgIpc) is 2.49. The Morgan fingerprint density at radius 1 is 1.30 bits per heavy atom. The van der Waals surface area contributed by atoms with Gasteiger partial charge in [0, 0.05) is 6.54 Å². The van der Waals surface area contributed by atoms with E-state index in [0.29, 0.717) is 23.6 Å². The zero-order valence-corrected chi connectivity index (χ0v) is 11.9. The van der Waals surface area contributed by atoms with E-state index in [0.717, 1.165) is 19.6 Å². The van der Waals surface area contributed by atoms with Gasteiger partial charge in [-0.25, -0.2) is 4.79 Å². The van der Waals surface area contributed by atoms with Gasteiger partial charge in [-0.15, -0.1) is 0 Å². The van der Waals surface area contributed by atoms with E-state index in [2.05, 4.69) is 9.64 Å². The third-order valence-electron chi connectivity index (χ3n) is 3.54. The molecule has 2 rings (SSSR count). The Hall–Kier alpha value is -1.75. The van der Waals surface area contributed by atoms with Crippen LogP contribution in [0.5, 0.6) is 5.75 Å². The number of carbonyl (C=O) groups excluding carboxylic acids is 1. The van der Waals surface area contributed by atoms with Gasteiger partial charge in [0.05, 0.1) is 18.4 Å². The van der Waals surface area contributed by atoms with Gasteiger partial charge < -0.3 is 15.2 Å². The molecule has 0 radical (unpaired) electrons. The number of nitrogens with zero attached hydrogens (tertiary/aromatic N) is 1. The minimum atomic E-state index is -0.392. The highest BCUT2D eigenvalue weighted by Gasteiger charge is 2.11. The Bertz CT molecular complexity index is 456. The summed E-state index contributed by atoms with van der Waals surface area (Å²) in [6.45, 7) is 3.83. The standard InChI is InChI=1S/C15H22N2O3/c1-19-15(18)12-5-6-14(13(16)11-12)20-10-9-17-7-3-2-4-8-17/h5-6,11H,2-4,7-10,16H2,1H3. The predicted octanol–water partition coefficient (Wildman–Crippen LogP) is 1.92. The molecule has 0 atom stereocenters. The number of methoxy groups -OCH3 is 1. The van der Waals surface area contributed by atoms with E-state index in [9.17, 15) is 4.79 Å². The van der Waals surface area contributed by atoms with Crippen LogP contribution in [0.4, 0.5) is 5.69 Å². The summed E-state index contributed by atoms with van der Waals surface area (Å²) >= 11 is 0. The van der Waals surface area contributed by atoms with Crippen molar-refractivity contribution in [2.45, 2.75) is 19.3 Å². The van der Waals surface area contributed by atoms with E-state index in [1.54, 1.807) is 18.2 Å². The first-order chi connectivity index (χ1) is 9.70. The summed E-state index contributed by atoms with van der Waals surface area (Å²) in [7, 11) is 1.35. The number of carbonyl (C=O) groups is 1. The van der Waals surface area contributed by atoms with Crippen LogP contribution in [-0.4, -0.2) is 44.2 Å². The molecule has 1 fully saturated rings. The number of nitrogens with two attached hydrogens (primary N) is 1. The fourth-order valence-corrected chi connectivity index (χ4v) is 2.39. The number of benzene rings is 1. The third-order valence-corrected chi connectivity index (χ3v) is 3.54. The number of ether oxygens (including phenoxy) is 2. The highest BCUT2D eigenvalue weighted by molar-refractivity contribution is 5.90. The highest BCUT2D eigenvalue weighted by Crippen LogP contribution is 2.23. The lowest BCUT2D eigenvalue weighted by atomic mass is 10.1. The van der Waals surface area contributed by atoms with Crippen LogP contribution >= 0.6 is 0 Å². The summed E-state index contributed by atoms with van der Waals surface area (Å²) in [5.74, 6) is 0.228. The van der Waals surface area contributed by atoms with Crippen LogP contribution in [0, 0.1) is 0 Å². The molecule has 1 aromatic carbocycles. The summed E-state index contributed by atoms with van der Waals surface area (Å²) in [5, 5.41) is 0. The van der Waals surface area contributed by atoms with Crippen molar-refractivity contribution in [3.63, 3.8) is 0 Å². The summed E-state index contributed by atoms with van der Waals surface area (Å²) in [6, 6.07) is 4.97. The van der Waals surface area contributed by atoms with Crippen LogP contribution < -0.4 is 10.5 Å². The first-order valence-electron chi connectivity index (χ1n) is 7.03. The van der Waals surface area contributed by atoms with E-state index in [1.165, 1.54) is 26.4 Å². The van der Waals surface area contributed by atoms with Crippen molar-refractivity contribution in [2.75, 3.05) is 39.1 Å². The summed E-state index contributed by atoms with van der Waals surface area (Å²) in [5.41, 5.74) is 6.79. The second-order valence-corrected chi connectivity index (χ2v) is 4.99. The van der Waals surface area contributed by atoms with E-state index in [1.807, 2.05) is 0 Å². The molecule has 0 spiro atoms. The molecule has 0 unspecified atom stereocenters. The van der Waals surface area contributed by atoms with Gasteiger partial charge in [0.2, 0.25) is 0 Å². The zero-order valence-electron chi connectivity index (χ0n) is 11.9. The highest BCUT2D eigenvalue weighted by atomic mass is 16.5. The van der Waals surface area contributed by atoms with Gasteiger partial charge >= 0.3 is 5.97 Å². The molecule has 1 saturated heterocycles. The Balaban J connectivity index is 1.84. The molecule has 5 heteroatoms. The number of anilines is 1. The van der Waals surface area contributed by atoms with Crippen molar-refractivity contribution >= 4 is 11.7 Å². The van der Waals surface area contributed by atoms with E-state index < -0.39 is 5.97 Å². The topological polar surface area (TPSA) is 64.8 Å². The molecule has 20 heavy (non-hydrogen) atoms. The van der Waals surface area contributed by atoms with Gasteiger partial charge in [0.1, 0.15) is 12.4 Å². The molecule has 2 N–H and O–H groups in total. The van der Waals surface area contributed by atoms with E-state index in [-0.39, 0.29) is 0 Å². The lowest BCUT2D eigenvalue weighted by molar-refractivity contribution is 0.0600. The minimum absolute atomic E-state index is 0.392. The smallest absolute Gasteiger partial charge is 0.337 e. The fourth-order valence-electron chi connectivity index (χ4n) is 2.39. The zero-order chi connectivity index (χ0) is 14.4. The second kappa shape index (κ2) is 7.14. The maximum Gasteiger partial charge on any atom is 0.337 e. The van der Waals surface area contributed by atoms with E-state index in [4.69, 9.17) is 10.5 Å². The molecule has 0 aliphatic carbocycles. The van der Waals surface area contributed by atoms with Crippen molar-refractivity contribution in [2.24, 2.45) is 0 Å². The van der Waals surface area contributed by atoms with Gasteiger partial charge in [0.25, 0.3) is 0 Å². The quantitative estimate of drug-likeness (QED) is 0.658. The van der Waals surface area contributed by atoms with Crippen LogP contribution in [0.1, 0.15) is 29.6 Å². The number of nitrogen functional groups attached to an aromatic ring is 1. The molecular weight excluding hydrogens is 256 g/mol. The number of piperidine rings is 1. The molecule has 0 amide bonds. The summed E-state index contributed by atoms with van der Waals surface area (Å²) < 4.78 is 10.3. The second-order valence-electron chi connectivity index (χ2n) is 4.99. The molecule has 1 aliphatic rings. The molecule has 5 nitrogen and oxygen atoms in total. The normalized spacial score (nSPS) is 15.8. The van der Waals surface area contributed by atoms with Gasteiger partial charge in [-0.3, -0.25) is 4.90 Å². The fraction of sp³-hybridized carbons (Fsp3) is 0.533. The van der Waals surface area contributed by atoms with E-state index >= 15 is 0 Å². The Kier molecular flexibility index (Phi) is 5.24. The number of likely N-dealkylation sites (tertiary alicyclic amines) is 1. The number of hydrogen-bond acceptors (Lipinski definition) is 5. The van der Waals surface area contributed by atoms with Crippen molar-refractivity contribution in [3.05, 3.63) is 23.8 Å². The van der Waals surface area contributed by atoms with Crippen molar-refractivity contribution < 1.29 is 14.3 Å². The van der Waals surface area contributed by atoms with Crippen LogP contribution in [-0.2, 0) is 4.74 Å². The molecule has 110 valence electrons. The SMILES string of the molecule is COC(=O)c1ccc(OCCN2CCCCC2)c(N)c1. The van der Waals surface area contributed by atoms with Crippen LogP contribution in [0.3, 0.4) is 0 Å². The Labute approximate surface area is 119 Å². The molecular formula is C15H22N2O3. The molecule has 0 bridgehead atoms. The molecule has 1 aromatic rings. The first-order valence-corrected chi connectivity index (χ1v) is 7.03.